The number of nitrogens with one attached hydrogen (secondary N) is 2. The van der Waals surface area contributed by atoms with E-state index in [1.807, 2.05) is 36.4 Å². The number of amides is 2. The van der Waals surface area contributed by atoms with Crippen LogP contribution in [0.2, 0.25) is 0 Å². The largest absolute Gasteiger partial charge is 0.355 e. The van der Waals surface area contributed by atoms with Gasteiger partial charge in [-0.1, -0.05) is 36.4 Å². The molecule has 0 bridgehead atoms. The fourth-order valence-corrected chi connectivity index (χ4v) is 3.03. The zero-order valence-electron chi connectivity index (χ0n) is 13.7. The number of carbonyl (C=O) groups is 2. The minimum Gasteiger partial charge on any atom is -0.355 e. The molecule has 2 amide bonds. The normalized spacial score (nSPS) is 12.5. The van der Waals surface area contributed by atoms with E-state index in [4.69, 9.17) is 0 Å². The Bertz CT molecular complexity index is 726. The standard InChI is InChI=1S/C20H22N2O2/c23-19(22-18-10-9-16-7-4-8-17(16)14-18)11-12-21-20(24)13-15-5-2-1-3-6-15/h1-3,5-6,9-10,14H,4,7-8,11-13H2,(H,21,24)(H,22,23). The molecule has 3 rings (SSSR count). The zero-order valence-corrected chi connectivity index (χ0v) is 13.7. The number of benzene rings is 2. The lowest BCUT2D eigenvalue weighted by atomic mass is 10.1. The van der Waals surface area contributed by atoms with Crippen LogP contribution in [0, 0.1) is 0 Å². The monoisotopic (exact) mass is 322 g/mol. The summed E-state index contributed by atoms with van der Waals surface area (Å²) in [5.74, 6) is -0.139. The molecule has 0 atom stereocenters. The highest BCUT2D eigenvalue weighted by Crippen LogP contribution is 2.24. The van der Waals surface area contributed by atoms with Gasteiger partial charge in [-0.15, -0.1) is 0 Å². The summed E-state index contributed by atoms with van der Waals surface area (Å²) in [7, 11) is 0. The molecule has 4 heteroatoms. The summed E-state index contributed by atoms with van der Waals surface area (Å²) in [5, 5.41) is 5.69. The summed E-state index contributed by atoms with van der Waals surface area (Å²) >= 11 is 0. The van der Waals surface area contributed by atoms with E-state index in [0.717, 1.165) is 24.1 Å². The lowest BCUT2D eigenvalue weighted by Gasteiger charge is -2.08. The number of carbonyl (C=O) groups excluding carboxylic acids is 2. The average Bonchev–Trinajstić information content (AvgIpc) is 3.03. The number of anilines is 1. The summed E-state index contributed by atoms with van der Waals surface area (Å²) in [6.45, 7) is 0.350. The van der Waals surface area contributed by atoms with E-state index < -0.39 is 0 Å². The highest BCUT2D eigenvalue weighted by molar-refractivity contribution is 5.91. The Kier molecular flexibility index (Phi) is 5.26. The van der Waals surface area contributed by atoms with Crippen LogP contribution in [0.3, 0.4) is 0 Å². The van der Waals surface area contributed by atoms with Crippen LogP contribution in [0.5, 0.6) is 0 Å². The summed E-state index contributed by atoms with van der Waals surface area (Å²) in [6.07, 6.45) is 4.04. The second kappa shape index (κ2) is 7.77. The molecule has 2 aromatic rings. The predicted molar refractivity (Wildman–Crippen MR) is 94.9 cm³/mol. The third-order valence-corrected chi connectivity index (χ3v) is 4.26. The molecule has 0 saturated carbocycles. The fourth-order valence-electron chi connectivity index (χ4n) is 3.03. The molecule has 0 unspecified atom stereocenters. The Morgan fingerprint density at radius 3 is 2.54 bits per heavy atom. The summed E-state index contributed by atoms with van der Waals surface area (Å²) in [4.78, 5) is 23.8. The van der Waals surface area contributed by atoms with Crippen LogP contribution in [0.1, 0.15) is 29.5 Å². The van der Waals surface area contributed by atoms with Gasteiger partial charge in [0.2, 0.25) is 11.8 Å². The van der Waals surface area contributed by atoms with Gasteiger partial charge < -0.3 is 10.6 Å². The van der Waals surface area contributed by atoms with Gasteiger partial charge in [0.25, 0.3) is 0 Å². The predicted octanol–water partition coefficient (Wildman–Crippen LogP) is 2.86. The number of hydrogen-bond acceptors (Lipinski definition) is 2. The highest BCUT2D eigenvalue weighted by Gasteiger charge is 2.12. The molecule has 124 valence electrons. The molecular weight excluding hydrogens is 300 g/mol. The SMILES string of the molecule is O=C(Cc1ccccc1)NCCC(=O)Nc1ccc2c(c1)CCC2. The Morgan fingerprint density at radius 1 is 0.917 bits per heavy atom. The first kappa shape index (κ1) is 16.2. The molecule has 1 aliphatic rings. The van der Waals surface area contributed by atoms with Crippen molar-refractivity contribution >= 4 is 17.5 Å². The zero-order chi connectivity index (χ0) is 16.8. The molecule has 2 N–H and O–H groups in total. The molecule has 0 fully saturated rings. The van der Waals surface area contributed by atoms with Crippen LogP contribution in [-0.4, -0.2) is 18.4 Å². The molecule has 0 spiro atoms. The first-order valence-corrected chi connectivity index (χ1v) is 8.43. The molecule has 0 aromatic heterocycles. The van der Waals surface area contributed by atoms with Crippen molar-refractivity contribution in [3.05, 3.63) is 65.2 Å². The van der Waals surface area contributed by atoms with Gasteiger partial charge in [0.1, 0.15) is 0 Å². The minimum atomic E-state index is -0.0760. The number of fused-ring (bicyclic) bond motifs is 1. The van der Waals surface area contributed by atoms with E-state index in [0.29, 0.717) is 13.0 Å². The van der Waals surface area contributed by atoms with Crippen LogP contribution in [0.25, 0.3) is 0 Å². The quantitative estimate of drug-likeness (QED) is 0.859. The van der Waals surface area contributed by atoms with Gasteiger partial charge in [0.05, 0.1) is 6.42 Å². The van der Waals surface area contributed by atoms with Gasteiger partial charge in [0.15, 0.2) is 0 Å². The van der Waals surface area contributed by atoms with Gasteiger partial charge >= 0.3 is 0 Å². The molecule has 1 aliphatic carbocycles. The van der Waals surface area contributed by atoms with Gasteiger partial charge in [-0.3, -0.25) is 9.59 Å². The van der Waals surface area contributed by atoms with Crippen molar-refractivity contribution < 1.29 is 9.59 Å². The maximum Gasteiger partial charge on any atom is 0.226 e. The Hall–Kier alpha value is -2.62. The third kappa shape index (κ3) is 4.44. The van der Waals surface area contributed by atoms with E-state index in [-0.39, 0.29) is 18.2 Å². The average molecular weight is 322 g/mol. The van der Waals surface area contributed by atoms with Crippen molar-refractivity contribution in [1.29, 1.82) is 0 Å². The maximum absolute atomic E-state index is 12.0. The van der Waals surface area contributed by atoms with Crippen molar-refractivity contribution in [3.8, 4) is 0 Å². The molecule has 4 nitrogen and oxygen atoms in total. The van der Waals surface area contributed by atoms with Gasteiger partial charge in [-0.25, -0.2) is 0 Å². The van der Waals surface area contributed by atoms with Crippen molar-refractivity contribution in [3.63, 3.8) is 0 Å². The lowest BCUT2D eigenvalue weighted by Crippen LogP contribution is -2.28. The third-order valence-electron chi connectivity index (χ3n) is 4.26. The number of hydrogen-bond donors (Lipinski definition) is 2. The number of aryl methyl sites for hydroxylation is 2. The minimum absolute atomic E-state index is 0.0634. The number of rotatable bonds is 6. The second-order valence-corrected chi connectivity index (χ2v) is 6.15. The van der Waals surface area contributed by atoms with Crippen LogP contribution >= 0.6 is 0 Å². The van der Waals surface area contributed by atoms with Crippen LogP contribution < -0.4 is 10.6 Å². The summed E-state index contributed by atoms with van der Waals surface area (Å²) in [6, 6.07) is 15.7. The molecule has 2 aromatic carbocycles. The van der Waals surface area contributed by atoms with Crippen molar-refractivity contribution in [2.45, 2.75) is 32.1 Å². The van der Waals surface area contributed by atoms with E-state index in [9.17, 15) is 9.59 Å². The van der Waals surface area contributed by atoms with Crippen molar-refractivity contribution in [1.82, 2.24) is 5.32 Å². The molecule has 0 saturated heterocycles. The molecule has 0 aliphatic heterocycles. The van der Waals surface area contributed by atoms with Crippen LogP contribution in [0.4, 0.5) is 5.69 Å². The second-order valence-electron chi connectivity index (χ2n) is 6.15. The van der Waals surface area contributed by atoms with Crippen LogP contribution in [-0.2, 0) is 28.9 Å². The topological polar surface area (TPSA) is 58.2 Å². The van der Waals surface area contributed by atoms with Crippen LogP contribution in [0.15, 0.2) is 48.5 Å². The molecule has 24 heavy (non-hydrogen) atoms. The summed E-state index contributed by atoms with van der Waals surface area (Å²) in [5.41, 5.74) is 4.54. The van der Waals surface area contributed by atoms with Crippen molar-refractivity contribution in [2.24, 2.45) is 0 Å². The Morgan fingerprint density at radius 2 is 1.71 bits per heavy atom. The fraction of sp³-hybridized carbons (Fsp3) is 0.300. The molecule has 0 heterocycles. The van der Waals surface area contributed by atoms with Gasteiger partial charge in [-0.05, 0) is 48.1 Å². The Labute approximate surface area is 142 Å². The lowest BCUT2D eigenvalue weighted by molar-refractivity contribution is -0.120. The first-order valence-electron chi connectivity index (χ1n) is 8.43. The summed E-state index contributed by atoms with van der Waals surface area (Å²) < 4.78 is 0. The smallest absolute Gasteiger partial charge is 0.226 e. The van der Waals surface area contributed by atoms with Crippen molar-refractivity contribution in [2.75, 3.05) is 11.9 Å². The van der Waals surface area contributed by atoms with Gasteiger partial charge in [-0.2, -0.15) is 0 Å². The van der Waals surface area contributed by atoms with E-state index in [1.165, 1.54) is 17.5 Å². The van der Waals surface area contributed by atoms with E-state index in [2.05, 4.69) is 22.8 Å². The molecular formula is C20H22N2O2. The van der Waals surface area contributed by atoms with E-state index in [1.54, 1.807) is 0 Å². The Balaban J connectivity index is 1.40. The highest BCUT2D eigenvalue weighted by atomic mass is 16.2. The molecule has 0 radical (unpaired) electrons. The first-order chi connectivity index (χ1) is 11.7. The van der Waals surface area contributed by atoms with Gasteiger partial charge in [0, 0.05) is 18.7 Å². The van der Waals surface area contributed by atoms with E-state index >= 15 is 0 Å². The maximum atomic E-state index is 12.0.